The van der Waals surface area contributed by atoms with Gasteiger partial charge in [0.05, 0.1) is 17.8 Å². The number of alkyl halides is 82. The van der Waals surface area contributed by atoms with Crippen LogP contribution in [0, 0.1) is 0 Å². The van der Waals surface area contributed by atoms with E-state index in [1.165, 1.54) is 0 Å². The minimum absolute atomic E-state index is 0.357. The Morgan fingerprint density at radius 3 is 0.480 bits per heavy atom. The molecule has 0 bridgehead atoms. The summed E-state index contributed by atoms with van der Waals surface area (Å²) in [6.07, 6.45) is -259. The molecular weight excluding hydrogens is 2410 g/mol. The van der Waals surface area contributed by atoms with Gasteiger partial charge >= 0.3 is 249 Å². The van der Waals surface area contributed by atoms with Gasteiger partial charge in [0.1, 0.15) is 0 Å². The minimum atomic E-state index is -10.7. The van der Waals surface area contributed by atoms with Crippen molar-refractivity contribution in [1.29, 1.82) is 0 Å². The Bertz CT molecular complexity index is 4760. The van der Waals surface area contributed by atoms with Crippen molar-refractivity contribution >= 4 is 24.2 Å². The van der Waals surface area contributed by atoms with E-state index in [1.54, 1.807) is 0 Å². The third kappa shape index (κ3) is 23.1. The smallest absolute Gasteiger partial charge is 0.423 e. The van der Waals surface area contributed by atoms with Crippen LogP contribution in [0.1, 0.15) is 11.1 Å². The number of amides is 1. The van der Waals surface area contributed by atoms with Gasteiger partial charge in [0, 0.05) is 5.56 Å². The van der Waals surface area contributed by atoms with Crippen LogP contribution in [-0.2, 0) is 73.3 Å². The lowest BCUT2D eigenvalue weighted by atomic mass is 9.76. The molecule has 878 valence electrons. The summed E-state index contributed by atoms with van der Waals surface area (Å²) < 4.78 is 1190. The number of nitrogens with two attached hydrogens (primary N) is 1. The number of carbonyl (C=O) groups excluding carboxylic acids is 1. The number of benzene rings is 1. The van der Waals surface area contributed by atoms with E-state index in [4.69, 9.17) is 0 Å². The lowest BCUT2D eigenvalue weighted by Gasteiger charge is -2.45. The van der Waals surface area contributed by atoms with Gasteiger partial charge in [-0.3, -0.25) is 61.6 Å². The highest BCUT2D eigenvalue weighted by Crippen LogP contribution is 2.70. The number of nitrogens with one attached hydrogen (secondary N) is 1. The van der Waals surface area contributed by atoms with Gasteiger partial charge < -0.3 is 21.1 Å². The van der Waals surface area contributed by atoms with Crippen molar-refractivity contribution in [1.82, 2.24) is 0 Å². The first kappa shape index (κ1) is 138. The molecule has 0 fully saturated rings. The number of ether oxygens (including phenoxy) is 12. The highest BCUT2D eigenvalue weighted by molar-refractivity contribution is 6.58. The number of carbonyl (C=O) groups is 1. The van der Waals surface area contributed by atoms with Crippen LogP contribution in [0.4, 0.5) is 366 Å². The van der Waals surface area contributed by atoms with Gasteiger partial charge in [0.15, 0.2) is 0 Å². The molecule has 0 saturated carbocycles. The average molecular weight is 2420 g/mol. The van der Waals surface area contributed by atoms with Gasteiger partial charge in [-0.25, -0.2) is 0 Å². The summed E-state index contributed by atoms with van der Waals surface area (Å²) in [5.74, 6) is -145. The average Bonchev–Trinajstić information content (AvgIpc) is 0.701. The van der Waals surface area contributed by atoms with E-state index < -0.39 is 301 Å². The topological polar surface area (TPSA) is 206 Å². The van der Waals surface area contributed by atoms with Gasteiger partial charge in [0.25, 0.3) is 0 Å². The molecule has 0 aromatic heterocycles. The fraction of sp³-hybridized carbons (Fsp3) is 0.854. The first-order valence-corrected chi connectivity index (χ1v) is 31.3. The predicted molar refractivity (Wildman–Crippen MR) is 265 cm³/mol. The highest BCUT2D eigenvalue weighted by Gasteiger charge is 2.97. The van der Waals surface area contributed by atoms with E-state index in [0.717, 1.165) is 9.47 Å². The molecular formula is C48H9BF82N2O15. The third-order valence-electron chi connectivity index (χ3n) is 15.4. The second-order valence-electron chi connectivity index (χ2n) is 25.8. The van der Waals surface area contributed by atoms with Crippen molar-refractivity contribution in [3.8, 4) is 0 Å². The molecule has 0 aliphatic carbocycles. The van der Waals surface area contributed by atoms with Crippen LogP contribution in [-0.4, -0.2) is 260 Å². The number of rotatable bonds is 41. The van der Waals surface area contributed by atoms with Crippen molar-refractivity contribution in [2.45, 2.75) is 242 Å². The molecule has 5 N–H and O–H groups in total. The van der Waals surface area contributed by atoms with Crippen LogP contribution < -0.4 is 16.5 Å². The number of hydrogen-bond acceptors (Lipinski definition) is 16. The molecule has 1 aromatic rings. The molecule has 0 saturated heterocycles. The van der Waals surface area contributed by atoms with Crippen LogP contribution in [0.5, 0.6) is 0 Å². The maximum absolute atomic E-state index is 17.2. The molecule has 1 rings (SSSR count). The normalized spacial score (nSPS) is 20.5. The third-order valence-corrected chi connectivity index (χ3v) is 15.4. The zero-order chi connectivity index (χ0) is 121. The monoisotopic (exact) mass is 2420 g/mol. The summed E-state index contributed by atoms with van der Waals surface area (Å²) in [6, 6.07) is -5.02. The maximum Gasteiger partial charge on any atom is 0.488 e. The summed E-state index contributed by atoms with van der Waals surface area (Å²) in [7, 11) is -5.02. The van der Waals surface area contributed by atoms with Crippen molar-refractivity contribution in [3.05, 3.63) is 23.3 Å². The van der Waals surface area contributed by atoms with Crippen molar-refractivity contribution in [2.75, 3.05) is 11.9 Å². The Morgan fingerprint density at radius 2 is 0.351 bits per heavy atom. The zero-order valence-electron chi connectivity index (χ0n) is 63.2. The van der Waals surface area contributed by atoms with E-state index >= 15 is 123 Å². The second-order valence-corrected chi connectivity index (χ2v) is 25.8. The Balaban J connectivity index is 5.16. The molecule has 1 amide bonds. The Hall–Kier alpha value is -7.59. The Labute approximate surface area is 739 Å². The number of hydrogen-bond donors (Lipinski definition) is 4. The first-order valence-electron chi connectivity index (χ1n) is 31.3. The lowest BCUT2D eigenvalue weighted by Crippen LogP contribution is -2.73. The second kappa shape index (κ2) is 37.6. The van der Waals surface area contributed by atoms with Crippen LogP contribution in [0.25, 0.3) is 0 Å². The first-order chi connectivity index (χ1) is 62.9. The van der Waals surface area contributed by atoms with Gasteiger partial charge in [-0.2, -0.15) is 360 Å². The van der Waals surface area contributed by atoms with Crippen LogP contribution >= 0.6 is 0 Å². The molecule has 1 aromatic carbocycles. The number of anilines is 1. The standard InChI is InChI=1S/C48H9BF82N2O15/c50-9(23(66,67)68,137-39(112,113)13(56,27(78,79)80)141-43(120,121)17(60,31(90,91)92)145-47(128,129)21(64,35(102,103)104)147-45(124,125)19(62,33(96,97)98)143-41(116,117)15(58,29(84,85)86)139-37(108,109)11(52,53)25(72,73)74)5-1-4(49(135)136)2-6(133-7(134)3-132)8(5)10(51,24(69,70)71)138-40(114,115)14(57,28(81,82)83)142-44(122,123)18(61,32(93,94)95)146-48(130,131)22(65,36(105,106)107)148-46(126,127)20(63,34(99,100)101)144-42(118,119)16(59,30(87,88)89)140-38(110,111)12(54,55)26(75,76)77/h1-2,135-136H,3,132H2,(H,133,134). The summed E-state index contributed by atoms with van der Waals surface area (Å²) in [5.41, 5.74) is -15.9. The summed E-state index contributed by atoms with van der Waals surface area (Å²) >= 11 is 0. The lowest BCUT2D eigenvalue weighted by molar-refractivity contribution is -0.605. The quantitative estimate of drug-likeness (QED) is 0.0355. The van der Waals surface area contributed by atoms with E-state index in [2.05, 4.69) is 5.73 Å². The molecule has 148 heavy (non-hydrogen) atoms. The van der Waals surface area contributed by atoms with Crippen LogP contribution in [0.15, 0.2) is 12.1 Å². The molecule has 0 radical (unpaired) electrons. The van der Waals surface area contributed by atoms with E-state index in [-0.39, 0.29) is 0 Å². The minimum Gasteiger partial charge on any atom is -0.423 e. The molecule has 17 nitrogen and oxygen atoms in total. The van der Waals surface area contributed by atoms with Crippen molar-refractivity contribution in [2.24, 2.45) is 5.73 Å². The highest BCUT2D eigenvalue weighted by atomic mass is 19.5. The molecule has 0 aliphatic heterocycles. The molecule has 12 atom stereocenters. The van der Waals surface area contributed by atoms with E-state index in [1.807, 2.05) is 0 Å². The van der Waals surface area contributed by atoms with Crippen LogP contribution in [0.2, 0.25) is 0 Å². The van der Waals surface area contributed by atoms with E-state index in [0.29, 0.717) is 47.4 Å². The molecule has 12 unspecified atom stereocenters. The van der Waals surface area contributed by atoms with Crippen LogP contribution in [0.3, 0.4) is 0 Å². The fourth-order valence-electron chi connectivity index (χ4n) is 8.29. The maximum atomic E-state index is 17.2. The van der Waals surface area contributed by atoms with Crippen molar-refractivity contribution in [3.63, 3.8) is 0 Å². The molecule has 0 heterocycles. The Morgan fingerprint density at radius 1 is 0.209 bits per heavy atom. The van der Waals surface area contributed by atoms with Gasteiger partial charge in [0.2, 0.25) is 5.91 Å². The predicted octanol–water partition coefficient (Wildman–Crippen LogP) is 23.6. The Kier molecular flexibility index (Phi) is 35.2. The molecule has 100 heteroatoms. The largest absolute Gasteiger partial charge is 0.488 e. The van der Waals surface area contributed by atoms with Gasteiger partial charge in [-0.1, -0.05) is 6.07 Å². The van der Waals surface area contributed by atoms with Gasteiger partial charge in [-0.15, -0.1) is 0 Å². The SMILES string of the molecule is NCC(=O)Nc1cc(B(O)O)cc(C(F)(OC(F)(F)C(F)(OC(F)(F)C(F)(OC(F)(F)C(F)(OC(F)(F)C(F)(OC(F)(F)C(F)(OC(F)(F)C(F)(F)C(F)(F)F)C(F)(F)F)C(F)(F)F)C(F)(F)F)C(F)(F)F)C(F)(F)F)C(F)(F)F)c1C(F)(OC(F)(F)C(F)(OC(F)(F)C(F)(OC(F)(F)C(F)(OC(F)(F)C(F)(OC(F)(F)C(F)(OC(F)(F)C(F)(F)C(F)(F)F)C(F)(F)F)C(F)(F)F)C(F)(F)F)C(F)(F)F)C(F)(F)F)C(F)(F)F. The van der Waals surface area contributed by atoms with E-state index in [9.17, 15) is 252 Å². The fourth-order valence-corrected chi connectivity index (χ4v) is 8.29. The zero-order valence-corrected chi connectivity index (χ0v) is 63.2. The molecule has 0 aliphatic rings. The summed E-state index contributed by atoms with van der Waals surface area (Å²) in [5, 5.41) is 18.5. The van der Waals surface area contributed by atoms with Crippen molar-refractivity contribution < 1.29 is 432 Å². The van der Waals surface area contributed by atoms with Gasteiger partial charge in [-0.05, 0) is 11.5 Å². The molecule has 0 spiro atoms. The number of halogens is 82. The summed E-state index contributed by atoms with van der Waals surface area (Å²) in [4.78, 5) is 12.3. The summed E-state index contributed by atoms with van der Waals surface area (Å²) in [6.45, 7) is -2.87.